The summed E-state index contributed by atoms with van der Waals surface area (Å²) in [7, 11) is 0. The van der Waals surface area contributed by atoms with E-state index in [-0.39, 0.29) is 17.7 Å². The maximum Gasteiger partial charge on any atom is 0.227 e. The van der Waals surface area contributed by atoms with E-state index >= 15 is 0 Å². The largest absolute Gasteiger partial charge is 0.494 e. The second-order valence-corrected chi connectivity index (χ2v) is 6.97. The Kier molecular flexibility index (Phi) is 6.12. The minimum atomic E-state index is -0.0274. The highest BCUT2D eigenvalue weighted by molar-refractivity contribution is 5.95. The SMILES string of the molecule is CCOc1ccc(CC(=O)NCC2CC(=O)N(c3ccc(C)cc3)C2)cc1. The standard InChI is InChI=1S/C22H26N2O3/c1-3-27-20-10-6-17(7-11-20)12-21(25)23-14-18-13-22(26)24(15-18)19-8-4-16(2)5-9-19/h4-11,18H,3,12-15H2,1-2H3,(H,23,25). The van der Waals surface area contributed by atoms with Crippen molar-refractivity contribution in [1.29, 1.82) is 0 Å². The third-order valence-electron chi connectivity index (χ3n) is 4.74. The van der Waals surface area contributed by atoms with Gasteiger partial charge in [-0.2, -0.15) is 0 Å². The quantitative estimate of drug-likeness (QED) is 0.819. The molecule has 3 rings (SSSR count). The number of nitrogens with one attached hydrogen (secondary N) is 1. The Balaban J connectivity index is 1.47. The van der Waals surface area contributed by atoms with Gasteiger partial charge in [0.05, 0.1) is 13.0 Å². The van der Waals surface area contributed by atoms with Gasteiger partial charge < -0.3 is 15.0 Å². The van der Waals surface area contributed by atoms with Gasteiger partial charge in [0.2, 0.25) is 11.8 Å². The summed E-state index contributed by atoms with van der Waals surface area (Å²) >= 11 is 0. The van der Waals surface area contributed by atoms with Gasteiger partial charge in [0.25, 0.3) is 0 Å². The summed E-state index contributed by atoms with van der Waals surface area (Å²) in [6.45, 7) is 5.75. The minimum Gasteiger partial charge on any atom is -0.494 e. The Bertz CT molecular complexity index is 784. The highest BCUT2D eigenvalue weighted by Crippen LogP contribution is 2.25. The van der Waals surface area contributed by atoms with Crippen molar-refractivity contribution in [1.82, 2.24) is 5.32 Å². The van der Waals surface area contributed by atoms with E-state index in [1.54, 1.807) is 0 Å². The van der Waals surface area contributed by atoms with E-state index in [1.165, 1.54) is 5.56 Å². The normalized spacial score (nSPS) is 16.4. The molecule has 0 bridgehead atoms. The second-order valence-electron chi connectivity index (χ2n) is 6.97. The molecule has 142 valence electrons. The molecule has 0 aromatic heterocycles. The lowest BCUT2D eigenvalue weighted by Gasteiger charge is -2.17. The zero-order chi connectivity index (χ0) is 19.2. The maximum absolute atomic E-state index is 12.3. The number of benzene rings is 2. The molecular weight excluding hydrogens is 340 g/mol. The van der Waals surface area contributed by atoms with Gasteiger partial charge in [0.15, 0.2) is 0 Å². The molecule has 1 aliphatic heterocycles. The van der Waals surface area contributed by atoms with Gasteiger partial charge in [-0.3, -0.25) is 9.59 Å². The van der Waals surface area contributed by atoms with E-state index in [0.717, 1.165) is 17.0 Å². The van der Waals surface area contributed by atoms with Crippen molar-refractivity contribution in [2.45, 2.75) is 26.7 Å². The second kappa shape index (κ2) is 8.71. The molecule has 5 nitrogen and oxygen atoms in total. The van der Waals surface area contributed by atoms with Gasteiger partial charge in [-0.05, 0) is 43.7 Å². The topological polar surface area (TPSA) is 58.6 Å². The number of ether oxygens (including phenoxy) is 1. The molecule has 0 saturated carbocycles. The van der Waals surface area contributed by atoms with Crippen LogP contribution in [-0.4, -0.2) is 31.5 Å². The number of aryl methyl sites for hydroxylation is 1. The van der Waals surface area contributed by atoms with E-state index in [4.69, 9.17) is 4.74 Å². The van der Waals surface area contributed by atoms with Crippen molar-refractivity contribution < 1.29 is 14.3 Å². The number of anilines is 1. The van der Waals surface area contributed by atoms with Crippen LogP contribution in [0.3, 0.4) is 0 Å². The van der Waals surface area contributed by atoms with E-state index in [0.29, 0.717) is 32.5 Å². The molecule has 0 aliphatic carbocycles. The number of carbonyl (C=O) groups is 2. The summed E-state index contributed by atoms with van der Waals surface area (Å²) in [5.74, 6) is 1.04. The van der Waals surface area contributed by atoms with E-state index in [1.807, 2.05) is 67.3 Å². The summed E-state index contributed by atoms with van der Waals surface area (Å²) in [6, 6.07) is 15.5. The van der Waals surface area contributed by atoms with Gasteiger partial charge in [0, 0.05) is 31.1 Å². The lowest BCUT2D eigenvalue weighted by molar-refractivity contribution is -0.121. The fraction of sp³-hybridized carbons (Fsp3) is 0.364. The summed E-state index contributed by atoms with van der Waals surface area (Å²) in [5, 5.41) is 2.97. The fourth-order valence-electron chi connectivity index (χ4n) is 3.27. The zero-order valence-electron chi connectivity index (χ0n) is 15.9. The van der Waals surface area contributed by atoms with Crippen LogP contribution in [0.1, 0.15) is 24.5 Å². The van der Waals surface area contributed by atoms with Crippen molar-refractivity contribution in [2.75, 3.05) is 24.6 Å². The summed E-state index contributed by atoms with van der Waals surface area (Å²) in [4.78, 5) is 26.3. The smallest absolute Gasteiger partial charge is 0.227 e. The van der Waals surface area contributed by atoms with Crippen LogP contribution in [0.5, 0.6) is 5.75 Å². The van der Waals surface area contributed by atoms with Crippen LogP contribution in [0.25, 0.3) is 0 Å². The third-order valence-corrected chi connectivity index (χ3v) is 4.74. The third kappa shape index (κ3) is 5.09. The van der Waals surface area contributed by atoms with E-state index < -0.39 is 0 Å². The number of carbonyl (C=O) groups excluding carboxylic acids is 2. The van der Waals surface area contributed by atoms with Crippen LogP contribution >= 0.6 is 0 Å². The molecule has 0 spiro atoms. The maximum atomic E-state index is 12.3. The van der Waals surface area contributed by atoms with Crippen molar-refractivity contribution in [3.8, 4) is 5.75 Å². The highest BCUT2D eigenvalue weighted by Gasteiger charge is 2.30. The molecule has 2 aromatic rings. The lowest BCUT2D eigenvalue weighted by Crippen LogP contribution is -2.32. The first-order valence-corrected chi connectivity index (χ1v) is 9.40. The first-order valence-electron chi connectivity index (χ1n) is 9.40. The van der Waals surface area contributed by atoms with Crippen molar-refractivity contribution in [2.24, 2.45) is 5.92 Å². The summed E-state index contributed by atoms with van der Waals surface area (Å²) in [6.07, 6.45) is 0.798. The van der Waals surface area contributed by atoms with Gasteiger partial charge in [-0.1, -0.05) is 29.8 Å². The summed E-state index contributed by atoms with van der Waals surface area (Å²) in [5.41, 5.74) is 3.04. The van der Waals surface area contributed by atoms with Crippen LogP contribution in [-0.2, 0) is 16.0 Å². The Morgan fingerprint density at radius 1 is 1.15 bits per heavy atom. The predicted molar refractivity (Wildman–Crippen MR) is 106 cm³/mol. The Labute approximate surface area is 160 Å². The van der Waals surface area contributed by atoms with E-state index in [9.17, 15) is 9.59 Å². The molecule has 0 radical (unpaired) electrons. The molecule has 27 heavy (non-hydrogen) atoms. The Morgan fingerprint density at radius 2 is 1.85 bits per heavy atom. The molecule has 2 aromatic carbocycles. The predicted octanol–water partition coefficient (Wildman–Crippen LogP) is 3.11. The number of hydrogen-bond donors (Lipinski definition) is 1. The molecule has 5 heteroatoms. The average molecular weight is 366 g/mol. The van der Waals surface area contributed by atoms with E-state index in [2.05, 4.69) is 5.32 Å². The molecule has 1 saturated heterocycles. The molecule has 2 amide bonds. The first-order chi connectivity index (χ1) is 13.0. The van der Waals surface area contributed by atoms with Crippen molar-refractivity contribution in [3.05, 3.63) is 59.7 Å². The number of hydrogen-bond acceptors (Lipinski definition) is 3. The Morgan fingerprint density at radius 3 is 2.52 bits per heavy atom. The molecule has 1 atom stereocenters. The number of rotatable bonds is 7. The van der Waals surface area contributed by atoms with Crippen LogP contribution in [0, 0.1) is 12.8 Å². The van der Waals surface area contributed by atoms with Gasteiger partial charge in [-0.15, -0.1) is 0 Å². The van der Waals surface area contributed by atoms with Gasteiger partial charge in [-0.25, -0.2) is 0 Å². The molecule has 1 unspecified atom stereocenters. The fourth-order valence-corrected chi connectivity index (χ4v) is 3.27. The molecule has 1 fully saturated rings. The number of amides is 2. The first kappa shape index (κ1) is 19.0. The van der Waals surface area contributed by atoms with Gasteiger partial charge in [0.1, 0.15) is 5.75 Å². The Hall–Kier alpha value is -2.82. The van der Waals surface area contributed by atoms with Crippen molar-refractivity contribution in [3.63, 3.8) is 0 Å². The van der Waals surface area contributed by atoms with Crippen molar-refractivity contribution >= 4 is 17.5 Å². The highest BCUT2D eigenvalue weighted by atomic mass is 16.5. The molecule has 1 heterocycles. The minimum absolute atomic E-state index is 0.0274. The van der Waals surface area contributed by atoms with Crippen LogP contribution in [0.2, 0.25) is 0 Å². The molecular formula is C22H26N2O3. The van der Waals surface area contributed by atoms with Gasteiger partial charge >= 0.3 is 0 Å². The molecule has 1 N–H and O–H groups in total. The van der Waals surface area contributed by atoms with Crippen LogP contribution < -0.4 is 15.0 Å². The summed E-state index contributed by atoms with van der Waals surface area (Å²) < 4.78 is 5.41. The number of nitrogens with zero attached hydrogens (tertiary/aromatic N) is 1. The average Bonchev–Trinajstić information content (AvgIpc) is 3.03. The zero-order valence-corrected chi connectivity index (χ0v) is 15.9. The van der Waals surface area contributed by atoms with Crippen LogP contribution in [0.4, 0.5) is 5.69 Å². The monoisotopic (exact) mass is 366 g/mol. The van der Waals surface area contributed by atoms with Crippen LogP contribution in [0.15, 0.2) is 48.5 Å². The lowest BCUT2D eigenvalue weighted by atomic mass is 10.1. The molecule has 1 aliphatic rings.